The van der Waals surface area contributed by atoms with E-state index in [1.165, 1.54) is 10.2 Å². The van der Waals surface area contributed by atoms with E-state index in [4.69, 9.17) is 9.84 Å². The Morgan fingerprint density at radius 2 is 1.71 bits per heavy atom. The van der Waals surface area contributed by atoms with E-state index in [-0.39, 0.29) is 12.1 Å². The number of hydrogen-bond donors (Lipinski definition) is 2. The molecule has 3 aromatic rings. The third-order valence-corrected chi connectivity index (χ3v) is 4.95. The van der Waals surface area contributed by atoms with Crippen molar-refractivity contribution < 1.29 is 14.6 Å². The highest BCUT2D eigenvalue weighted by Crippen LogP contribution is 2.22. The van der Waals surface area contributed by atoms with Crippen LogP contribution in [0.2, 0.25) is 0 Å². The standard InChI is InChI=1S/C24H29N3O4/c1-17-7-9-19(10-8-17)16-27-23(30)25-21(26-27)6-4-5-18-11-13-20(14-12-18)31-24(2,3)15-22(28)29/h7-14H,4-6,15-16H2,1-3H3,(H,28,29)(H,25,26,30). The number of carbonyl (C=O) groups is 1. The molecular formula is C24H29N3O4. The zero-order valence-electron chi connectivity index (χ0n) is 18.2. The summed E-state index contributed by atoms with van der Waals surface area (Å²) in [7, 11) is 0. The highest BCUT2D eigenvalue weighted by Gasteiger charge is 2.23. The van der Waals surface area contributed by atoms with Gasteiger partial charge in [0.25, 0.3) is 0 Å². The molecule has 0 saturated heterocycles. The minimum atomic E-state index is -0.888. The van der Waals surface area contributed by atoms with Gasteiger partial charge in [0, 0.05) is 6.42 Å². The molecule has 164 valence electrons. The van der Waals surface area contributed by atoms with Gasteiger partial charge in [-0.1, -0.05) is 42.0 Å². The molecule has 1 heterocycles. The Bertz CT molecular complexity index is 1060. The fourth-order valence-electron chi connectivity index (χ4n) is 3.39. The molecule has 2 aromatic carbocycles. The van der Waals surface area contributed by atoms with Gasteiger partial charge < -0.3 is 9.84 Å². The third kappa shape index (κ3) is 6.84. The summed E-state index contributed by atoms with van der Waals surface area (Å²) in [4.78, 5) is 25.9. The van der Waals surface area contributed by atoms with Gasteiger partial charge in [0.2, 0.25) is 0 Å². The molecule has 7 heteroatoms. The first-order chi connectivity index (χ1) is 14.7. The van der Waals surface area contributed by atoms with Gasteiger partial charge in [0.1, 0.15) is 17.2 Å². The van der Waals surface area contributed by atoms with E-state index in [0.29, 0.717) is 24.5 Å². The molecule has 0 bridgehead atoms. The summed E-state index contributed by atoms with van der Waals surface area (Å²) in [5.74, 6) is 0.447. The van der Waals surface area contributed by atoms with Crippen LogP contribution in [0.25, 0.3) is 0 Å². The number of aromatic nitrogens is 3. The van der Waals surface area contributed by atoms with Gasteiger partial charge >= 0.3 is 11.7 Å². The predicted molar refractivity (Wildman–Crippen MR) is 119 cm³/mol. The maximum atomic E-state index is 12.2. The van der Waals surface area contributed by atoms with Crippen LogP contribution in [-0.2, 0) is 24.2 Å². The first kappa shape index (κ1) is 22.3. The van der Waals surface area contributed by atoms with Crippen molar-refractivity contribution in [1.82, 2.24) is 14.8 Å². The lowest BCUT2D eigenvalue weighted by molar-refractivity contribution is -0.140. The van der Waals surface area contributed by atoms with Crippen molar-refractivity contribution in [3.63, 3.8) is 0 Å². The summed E-state index contributed by atoms with van der Waals surface area (Å²) < 4.78 is 7.24. The highest BCUT2D eigenvalue weighted by molar-refractivity contribution is 5.68. The van der Waals surface area contributed by atoms with Crippen LogP contribution < -0.4 is 10.4 Å². The van der Waals surface area contributed by atoms with E-state index in [0.717, 1.165) is 24.0 Å². The van der Waals surface area contributed by atoms with Crippen LogP contribution >= 0.6 is 0 Å². The molecule has 2 N–H and O–H groups in total. The van der Waals surface area contributed by atoms with Crippen molar-refractivity contribution in [2.45, 2.75) is 58.6 Å². The fourth-order valence-corrected chi connectivity index (χ4v) is 3.39. The number of aliphatic carboxylic acids is 1. The van der Waals surface area contributed by atoms with E-state index in [1.807, 2.05) is 55.5 Å². The first-order valence-electron chi connectivity index (χ1n) is 10.4. The van der Waals surface area contributed by atoms with Crippen LogP contribution in [0.15, 0.2) is 53.3 Å². The molecule has 0 fully saturated rings. The molecule has 3 rings (SSSR count). The monoisotopic (exact) mass is 423 g/mol. The van der Waals surface area contributed by atoms with Gasteiger partial charge in [-0.25, -0.2) is 9.48 Å². The Balaban J connectivity index is 1.50. The van der Waals surface area contributed by atoms with Crippen molar-refractivity contribution in [2.24, 2.45) is 0 Å². The van der Waals surface area contributed by atoms with Crippen LogP contribution in [0.1, 0.15) is 49.2 Å². The number of nitrogens with zero attached hydrogens (tertiary/aromatic N) is 2. The summed E-state index contributed by atoms with van der Waals surface area (Å²) in [5.41, 5.74) is 2.41. The highest BCUT2D eigenvalue weighted by atomic mass is 16.5. The summed E-state index contributed by atoms with van der Waals surface area (Å²) in [6, 6.07) is 15.7. The largest absolute Gasteiger partial charge is 0.487 e. The smallest absolute Gasteiger partial charge is 0.343 e. The van der Waals surface area contributed by atoms with Gasteiger partial charge in [-0.3, -0.25) is 9.78 Å². The molecule has 0 amide bonds. The molecule has 0 radical (unpaired) electrons. The molecule has 7 nitrogen and oxygen atoms in total. The zero-order chi connectivity index (χ0) is 22.4. The van der Waals surface area contributed by atoms with Gasteiger partial charge in [-0.15, -0.1) is 0 Å². The average molecular weight is 424 g/mol. The second kappa shape index (κ2) is 9.64. The van der Waals surface area contributed by atoms with Crippen LogP contribution in [0.5, 0.6) is 5.75 Å². The summed E-state index contributed by atoms with van der Waals surface area (Å²) in [5, 5.41) is 13.4. The number of aromatic amines is 1. The van der Waals surface area contributed by atoms with Crippen molar-refractivity contribution >= 4 is 5.97 Å². The van der Waals surface area contributed by atoms with Gasteiger partial charge in [-0.2, -0.15) is 5.10 Å². The molecule has 0 aliphatic heterocycles. The first-order valence-corrected chi connectivity index (χ1v) is 10.4. The predicted octanol–water partition coefficient (Wildman–Crippen LogP) is 3.74. The number of carboxylic acid groups (broad SMARTS) is 1. The number of aryl methyl sites for hydroxylation is 3. The molecule has 0 spiro atoms. The quantitative estimate of drug-likeness (QED) is 0.518. The molecule has 0 aliphatic rings. The normalized spacial score (nSPS) is 11.5. The number of benzene rings is 2. The lowest BCUT2D eigenvalue weighted by atomic mass is 10.0. The molecule has 0 atom stereocenters. The van der Waals surface area contributed by atoms with Gasteiger partial charge in [0.05, 0.1) is 13.0 Å². The second-order valence-electron chi connectivity index (χ2n) is 8.45. The Hall–Kier alpha value is -3.35. The average Bonchev–Trinajstić information content (AvgIpc) is 3.03. The van der Waals surface area contributed by atoms with Crippen LogP contribution in [0.4, 0.5) is 0 Å². The van der Waals surface area contributed by atoms with E-state index in [9.17, 15) is 9.59 Å². The van der Waals surface area contributed by atoms with Crippen LogP contribution in [0, 0.1) is 6.92 Å². The van der Waals surface area contributed by atoms with Crippen molar-refractivity contribution in [3.8, 4) is 5.75 Å². The Morgan fingerprint density at radius 1 is 1.06 bits per heavy atom. The Kier molecular flexibility index (Phi) is 6.95. The van der Waals surface area contributed by atoms with Crippen molar-refractivity contribution in [1.29, 1.82) is 0 Å². The van der Waals surface area contributed by atoms with Gasteiger partial charge in [0.15, 0.2) is 0 Å². The fraction of sp³-hybridized carbons (Fsp3) is 0.375. The van der Waals surface area contributed by atoms with Crippen LogP contribution in [-0.4, -0.2) is 31.4 Å². The van der Waals surface area contributed by atoms with Crippen molar-refractivity contribution in [3.05, 3.63) is 81.5 Å². The summed E-state index contributed by atoms with van der Waals surface area (Å²) >= 11 is 0. The van der Waals surface area contributed by atoms with E-state index >= 15 is 0 Å². The Morgan fingerprint density at radius 3 is 2.35 bits per heavy atom. The lowest BCUT2D eigenvalue weighted by Crippen LogP contribution is -2.31. The van der Waals surface area contributed by atoms with Crippen LogP contribution in [0.3, 0.4) is 0 Å². The second-order valence-corrected chi connectivity index (χ2v) is 8.45. The number of carboxylic acids is 1. The number of nitrogens with one attached hydrogen (secondary N) is 1. The SMILES string of the molecule is Cc1ccc(Cn2nc(CCCc3ccc(OC(C)(C)CC(=O)O)cc3)[nH]c2=O)cc1. The molecule has 31 heavy (non-hydrogen) atoms. The minimum Gasteiger partial charge on any atom is -0.487 e. The van der Waals surface area contributed by atoms with Crippen molar-refractivity contribution in [2.75, 3.05) is 0 Å². The minimum absolute atomic E-state index is 0.0660. The van der Waals surface area contributed by atoms with E-state index in [2.05, 4.69) is 10.1 Å². The Labute approximate surface area is 181 Å². The topological polar surface area (TPSA) is 97.2 Å². The molecule has 0 aliphatic carbocycles. The molecular weight excluding hydrogens is 394 g/mol. The zero-order valence-corrected chi connectivity index (χ0v) is 18.2. The van der Waals surface area contributed by atoms with Gasteiger partial charge in [-0.05, 0) is 56.9 Å². The van der Waals surface area contributed by atoms with E-state index in [1.54, 1.807) is 13.8 Å². The number of ether oxygens (including phenoxy) is 1. The third-order valence-electron chi connectivity index (χ3n) is 4.95. The molecule has 1 aromatic heterocycles. The summed E-state index contributed by atoms with van der Waals surface area (Å²) in [6.45, 7) is 6.00. The lowest BCUT2D eigenvalue weighted by Gasteiger charge is -2.24. The molecule has 0 saturated carbocycles. The summed E-state index contributed by atoms with van der Waals surface area (Å²) in [6.07, 6.45) is 2.30. The maximum absolute atomic E-state index is 12.2. The molecule has 0 unspecified atom stereocenters. The van der Waals surface area contributed by atoms with E-state index < -0.39 is 11.6 Å². The number of rotatable bonds is 10. The number of hydrogen-bond acceptors (Lipinski definition) is 4. The number of H-pyrrole nitrogens is 1. The maximum Gasteiger partial charge on any atom is 0.343 e.